The third-order valence-electron chi connectivity index (χ3n) is 3.04. The molecule has 1 atom stereocenters. The van der Waals surface area contributed by atoms with E-state index in [1.165, 1.54) is 12.1 Å². The molecule has 1 aromatic carbocycles. The van der Waals surface area contributed by atoms with Gasteiger partial charge in [0, 0.05) is 25.5 Å². The van der Waals surface area contributed by atoms with Crippen LogP contribution in [0.25, 0.3) is 0 Å². The number of rotatable bonds is 6. The molecule has 0 unspecified atom stereocenters. The summed E-state index contributed by atoms with van der Waals surface area (Å²) < 4.78 is 28.9. The van der Waals surface area contributed by atoms with Crippen LogP contribution in [0.3, 0.4) is 0 Å². The van der Waals surface area contributed by atoms with Gasteiger partial charge < -0.3 is 19.5 Å². The molecule has 20 heavy (non-hydrogen) atoms. The van der Waals surface area contributed by atoms with Crippen molar-refractivity contribution in [1.82, 2.24) is 0 Å². The van der Waals surface area contributed by atoms with E-state index in [4.69, 9.17) is 14.2 Å². The first-order valence-corrected chi connectivity index (χ1v) is 6.50. The zero-order valence-corrected chi connectivity index (χ0v) is 11.4. The van der Waals surface area contributed by atoms with Crippen LogP contribution in [0, 0.1) is 11.7 Å². The molecular weight excluding hydrogens is 265 g/mol. The summed E-state index contributed by atoms with van der Waals surface area (Å²) in [7, 11) is 1.55. The average Bonchev–Trinajstić information content (AvgIpc) is 2.95. The first-order valence-electron chi connectivity index (χ1n) is 6.50. The molecule has 0 aliphatic carbocycles. The molecule has 1 aromatic rings. The molecule has 0 spiro atoms. The maximum absolute atomic E-state index is 13.8. The minimum Gasteiger partial charge on any atom is -0.488 e. The van der Waals surface area contributed by atoms with E-state index < -0.39 is 5.82 Å². The van der Waals surface area contributed by atoms with Crippen LogP contribution in [0.5, 0.6) is 5.75 Å². The standard InChI is InChI=1S/C14H18FNO4/c1-18-6-7-20-13-3-2-11(8-12(13)15)16-14(17)10-4-5-19-9-10/h2-3,8,10H,4-7,9H2,1H3,(H,16,17)/t10-/m1/s1. The minimum absolute atomic E-state index is 0.143. The van der Waals surface area contributed by atoms with Gasteiger partial charge in [-0.1, -0.05) is 0 Å². The fourth-order valence-electron chi connectivity index (χ4n) is 1.92. The topological polar surface area (TPSA) is 56.8 Å². The van der Waals surface area contributed by atoms with Crippen molar-refractivity contribution in [3.05, 3.63) is 24.0 Å². The summed E-state index contributed by atoms with van der Waals surface area (Å²) in [6.07, 6.45) is 0.701. The van der Waals surface area contributed by atoms with Crippen LogP contribution in [-0.2, 0) is 14.3 Å². The lowest BCUT2D eigenvalue weighted by Crippen LogP contribution is -2.22. The van der Waals surface area contributed by atoms with E-state index in [1.807, 2.05) is 0 Å². The summed E-state index contributed by atoms with van der Waals surface area (Å²) in [6.45, 7) is 1.68. The highest BCUT2D eigenvalue weighted by molar-refractivity contribution is 5.92. The van der Waals surface area contributed by atoms with Gasteiger partial charge in [-0.05, 0) is 18.6 Å². The maximum atomic E-state index is 13.8. The van der Waals surface area contributed by atoms with Gasteiger partial charge in [0.25, 0.3) is 0 Å². The smallest absolute Gasteiger partial charge is 0.229 e. The number of ether oxygens (including phenoxy) is 3. The maximum Gasteiger partial charge on any atom is 0.229 e. The minimum atomic E-state index is -0.512. The van der Waals surface area contributed by atoms with E-state index in [1.54, 1.807) is 13.2 Å². The van der Waals surface area contributed by atoms with E-state index in [0.717, 1.165) is 0 Å². The van der Waals surface area contributed by atoms with Crippen LogP contribution in [0.2, 0.25) is 0 Å². The van der Waals surface area contributed by atoms with Gasteiger partial charge in [0.1, 0.15) is 6.61 Å². The molecule has 0 aromatic heterocycles. The Morgan fingerprint density at radius 2 is 2.35 bits per heavy atom. The van der Waals surface area contributed by atoms with Crippen molar-refractivity contribution in [2.24, 2.45) is 5.92 Å². The van der Waals surface area contributed by atoms with Crippen molar-refractivity contribution < 1.29 is 23.4 Å². The fourth-order valence-corrected chi connectivity index (χ4v) is 1.92. The quantitative estimate of drug-likeness (QED) is 0.809. The molecule has 0 radical (unpaired) electrons. The van der Waals surface area contributed by atoms with E-state index in [-0.39, 0.29) is 24.2 Å². The summed E-state index contributed by atoms with van der Waals surface area (Å²) in [4.78, 5) is 11.9. The number of hydrogen-bond donors (Lipinski definition) is 1. The lowest BCUT2D eigenvalue weighted by Gasteiger charge is -2.11. The zero-order chi connectivity index (χ0) is 14.4. The van der Waals surface area contributed by atoms with Gasteiger partial charge in [0.15, 0.2) is 11.6 Å². The van der Waals surface area contributed by atoms with E-state index in [2.05, 4.69) is 5.32 Å². The summed E-state index contributed by atoms with van der Waals surface area (Å²) in [5, 5.41) is 2.68. The number of carbonyl (C=O) groups excluding carboxylic acids is 1. The van der Waals surface area contributed by atoms with Crippen LogP contribution in [0.1, 0.15) is 6.42 Å². The first kappa shape index (κ1) is 14.7. The van der Waals surface area contributed by atoms with Crippen LogP contribution >= 0.6 is 0 Å². The van der Waals surface area contributed by atoms with Crippen molar-refractivity contribution in [2.45, 2.75) is 6.42 Å². The zero-order valence-electron chi connectivity index (χ0n) is 11.4. The molecule has 1 saturated heterocycles. The number of halogens is 1. The van der Waals surface area contributed by atoms with Gasteiger partial charge in [-0.25, -0.2) is 4.39 Å². The normalized spacial score (nSPS) is 18.0. The molecule has 1 heterocycles. The Morgan fingerprint density at radius 3 is 3.00 bits per heavy atom. The predicted octanol–water partition coefficient (Wildman–Crippen LogP) is 1.83. The lowest BCUT2D eigenvalue weighted by molar-refractivity contribution is -0.119. The van der Waals surface area contributed by atoms with Gasteiger partial charge in [-0.2, -0.15) is 0 Å². The Balaban J connectivity index is 1.92. The fraction of sp³-hybridized carbons (Fsp3) is 0.500. The van der Waals surface area contributed by atoms with Gasteiger partial charge in [-0.15, -0.1) is 0 Å². The highest BCUT2D eigenvalue weighted by Crippen LogP contribution is 2.22. The van der Waals surface area contributed by atoms with E-state index in [9.17, 15) is 9.18 Å². The molecule has 5 nitrogen and oxygen atoms in total. The molecule has 0 saturated carbocycles. The molecule has 6 heteroatoms. The molecule has 1 aliphatic heterocycles. The molecule has 1 aliphatic rings. The number of amides is 1. The third-order valence-corrected chi connectivity index (χ3v) is 3.04. The van der Waals surface area contributed by atoms with Crippen molar-refractivity contribution >= 4 is 11.6 Å². The lowest BCUT2D eigenvalue weighted by atomic mass is 10.1. The Labute approximate surface area is 117 Å². The summed E-state index contributed by atoms with van der Waals surface area (Å²) in [6, 6.07) is 4.35. The Hall–Kier alpha value is -1.66. The Kier molecular flexibility index (Phi) is 5.31. The van der Waals surface area contributed by atoms with Crippen LogP contribution in [0.4, 0.5) is 10.1 Å². The molecule has 110 valence electrons. The SMILES string of the molecule is COCCOc1ccc(NC(=O)[C@@H]2CCOC2)cc1F. The molecule has 1 amide bonds. The summed E-state index contributed by atoms with van der Waals surface area (Å²) in [5.74, 6) is -0.670. The molecule has 1 N–H and O–H groups in total. The van der Waals surface area contributed by atoms with Crippen molar-refractivity contribution in [3.63, 3.8) is 0 Å². The molecular formula is C14H18FNO4. The molecule has 1 fully saturated rings. The van der Waals surface area contributed by atoms with Gasteiger partial charge in [0.2, 0.25) is 5.91 Å². The monoisotopic (exact) mass is 283 g/mol. The predicted molar refractivity (Wildman–Crippen MR) is 71.3 cm³/mol. The second-order valence-corrected chi connectivity index (χ2v) is 4.54. The first-order chi connectivity index (χ1) is 9.70. The van der Waals surface area contributed by atoms with E-state index >= 15 is 0 Å². The second-order valence-electron chi connectivity index (χ2n) is 4.54. The molecule has 2 rings (SSSR count). The highest BCUT2D eigenvalue weighted by Gasteiger charge is 2.23. The average molecular weight is 283 g/mol. The van der Waals surface area contributed by atoms with Gasteiger partial charge in [0.05, 0.1) is 19.1 Å². The number of benzene rings is 1. The Morgan fingerprint density at radius 1 is 1.50 bits per heavy atom. The highest BCUT2D eigenvalue weighted by atomic mass is 19.1. The van der Waals surface area contributed by atoms with Crippen molar-refractivity contribution in [3.8, 4) is 5.75 Å². The summed E-state index contributed by atoms with van der Waals surface area (Å²) in [5.41, 5.74) is 0.415. The van der Waals surface area contributed by atoms with Gasteiger partial charge in [-0.3, -0.25) is 4.79 Å². The number of carbonyl (C=O) groups is 1. The van der Waals surface area contributed by atoms with Crippen molar-refractivity contribution in [2.75, 3.05) is 38.9 Å². The van der Waals surface area contributed by atoms with Gasteiger partial charge >= 0.3 is 0 Å². The summed E-state index contributed by atoms with van der Waals surface area (Å²) >= 11 is 0. The third kappa shape index (κ3) is 3.91. The van der Waals surface area contributed by atoms with Crippen LogP contribution < -0.4 is 10.1 Å². The molecule has 0 bridgehead atoms. The Bertz CT molecular complexity index is 460. The second kappa shape index (κ2) is 7.21. The number of hydrogen-bond acceptors (Lipinski definition) is 4. The number of methoxy groups -OCH3 is 1. The van der Waals surface area contributed by atoms with Crippen LogP contribution in [-0.4, -0.2) is 39.4 Å². The van der Waals surface area contributed by atoms with Crippen molar-refractivity contribution in [1.29, 1.82) is 0 Å². The number of nitrogens with one attached hydrogen (secondary N) is 1. The van der Waals surface area contributed by atoms with Crippen LogP contribution in [0.15, 0.2) is 18.2 Å². The number of anilines is 1. The van der Waals surface area contributed by atoms with E-state index in [0.29, 0.717) is 31.9 Å². The largest absolute Gasteiger partial charge is 0.488 e.